The highest BCUT2D eigenvalue weighted by Crippen LogP contribution is 2.17. The van der Waals surface area contributed by atoms with E-state index in [-0.39, 0.29) is 11.8 Å². The Bertz CT molecular complexity index is 657. The molecule has 7 heteroatoms. The molecule has 140 valence electrons. The Hall–Kier alpha value is -2.83. The second kappa shape index (κ2) is 10.2. The first-order valence-corrected chi connectivity index (χ1v) is 8.75. The molecule has 1 heterocycles. The van der Waals surface area contributed by atoms with Crippen molar-refractivity contribution in [1.29, 1.82) is 0 Å². The number of nitrogens with one attached hydrogen (secondary N) is 2. The third-order valence-electron chi connectivity index (χ3n) is 4.01. The van der Waals surface area contributed by atoms with E-state index in [0.717, 1.165) is 11.3 Å². The number of ether oxygens (including phenoxy) is 1. The van der Waals surface area contributed by atoms with Crippen molar-refractivity contribution in [2.45, 2.75) is 25.8 Å². The number of carbonyl (C=O) groups excluding carboxylic acids is 2. The Morgan fingerprint density at radius 1 is 1.27 bits per heavy atom. The van der Waals surface area contributed by atoms with Crippen molar-refractivity contribution in [2.75, 3.05) is 26.7 Å². The predicted molar refractivity (Wildman–Crippen MR) is 101 cm³/mol. The average molecular weight is 358 g/mol. The van der Waals surface area contributed by atoms with E-state index < -0.39 is 0 Å². The van der Waals surface area contributed by atoms with Crippen LogP contribution in [0, 0.1) is 0 Å². The van der Waals surface area contributed by atoms with Crippen molar-refractivity contribution in [3.63, 3.8) is 0 Å². The van der Waals surface area contributed by atoms with Gasteiger partial charge in [-0.1, -0.05) is 30.9 Å². The van der Waals surface area contributed by atoms with Crippen molar-refractivity contribution < 1.29 is 14.3 Å². The summed E-state index contributed by atoms with van der Waals surface area (Å²) in [5.41, 5.74) is 0.999. The lowest BCUT2D eigenvalue weighted by Gasteiger charge is -2.25. The lowest BCUT2D eigenvalue weighted by atomic mass is 10.1. The molecule has 1 saturated heterocycles. The number of hydrogen-bond acceptors (Lipinski definition) is 4. The summed E-state index contributed by atoms with van der Waals surface area (Å²) >= 11 is 0. The summed E-state index contributed by atoms with van der Waals surface area (Å²) in [4.78, 5) is 29.1. The van der Waals surface area contributed by atoms with Gasteiger partial charge in [0.05, 0.1) is 0 Å². The highest BCUT2D eigenvalue weighted by Gasteiger charge is 2.25. The first-order valence-electron chi connectivity index (χ1n) is 8.75. The van der Waals surface area contributed by atoms with E-state index in [0.29, 0.717) is 51.5 Å². The molecular formula is C19H26N4O3. The predicted octanol–water partition coefficient (Wildman–Crippen LogP) is 1.46. The van der Waals surface area contributed by atoms with Crippen LogP contribution in [0.4, 0.5) is 0 Å². The number of hydrogen-bond donors (Lipinski definition) is 2. The van der Waals surface area contributed by atoms with Crippen LogP contribution in [0.5, 0.6) is 5.75 Å². The molecule has 1 aromatic rings. The van der Waals surface area contributed by atoms with Gasteiger partial charge in [0.1, 0.15) is 12.4 Å². The van der Waals surface area contributed by atoms with Crippen LogP contribution >= 0.6 is 0 Å². The number of piperidine rings is 1. The Labute approximate surface area is 154 Å². The van der Waals surface area contributed by atoms with Gasteiger partial charge in [-0.25, -0.2) is 0 Å². The van der Waals surface area contributed by atoms with E-state index in [1.54, 1.807) is 13.1 Å². The number of nitrogens with zero attached hydrogens (tertiary/aromatic N) is 2. The molecule has 26 heavy (non-hydrogen) atoms. The van der Waals surface area contributed by atoms with Crippen LogP contribution in [0.15, 0.2) is 41.9 Å². The molecule has 2 rings (SSSR count). The van der Waals surface area contributed by atoms with Gasteiger partial charge in [0.15, 0.2) is 5.96 Å². The lowest BCUT2D eigenvalue weighted by Crippen LogP contribution is -2.46. The number of para-hydroxylation sites is 1. The van der Waals surface area contributed by atoms with E-state index in [4.69, 9.17) is 4.74 Å². The second-order valence-electron chi connectivity index (χ2n) is 5.85. The van der Waals surface area contributed by atoms with Crippen LogP contribution in [-0.4, -0.2) is 49.4 Å². The fourth-order valence-electron chi connectivity index (χ4n) is 2.67. The number of aliphatic imine (C=N–C) groups is 1. The van der Waals surface area contributed by atoms with Crippen molar-refractivity contribution in [2.24, 2.45) is 4.99 Å². The Morgan fingerprint density at radius 2 is 2.00 bits per heavy atom. The minimum atomic E-state index is -0.0979. The van der Waals surface area contributed by atoms with Gasteiger partial charge in [-0.15, -0.1) is 0 Å². The zero-order valence-corrected chi connectivity index (χ0v) is 15.2. The van der Waals surface area contributed by atoms with Gasteiger partial charge in [-0.2, -0.15) is 0 Å². The van der Waals surface area contributed by atoms with Crippen LogP contribution in [0.1, 0.15) is 24.8 Å². The minimum absolute atomic E-state index is 0.0979. The second-order valence-corrected chi connectivity index (χ2v) is 5.85. The highest BCUT2D eigenvalue weighted by atomic mass is 16.5. The average Bonchev–Trinajstić information content (AvgIpc) is 2.65. The molecule has 2 N–H and O–H groups in total. The van der Waals surface area contributed by atoms with Crippen LogP contribution in [0.3, 0.4) is 0 Å². The molecule has 0 saturated carbocycles. The molecule has 1 aromatic carbocycles. The van der Waals surface area contributed by atoms with E-state index in [1.165, 1.54) is 4.90 Å². The van der Waals surface area contributed by atoms with Crippen molar-refractivity contribution in [1.82, 2.24) is 15.5 Å². The molecule has 0 bridgehead atoms. The van der Waals surface area contributed by atoms with Crippen molar-refractivity contribution >= 4 is 17.8 Å². The minimum Gasteiger partial charge on any atom is -0.489 e. The normalized spacial score (nSPS) is 15.0. The fourth-order valence-corrected chi connectivity index (χ4v) is 2.67. The molecule has 2 amide bonds. The highest BCUT2D eigenvalue weighted by molar-refractivity contribution is 5.97. The molecule has 0 spiro atoms. The molecule has 0 radical (unpaired) electrons. The Balaban J connectivity index is 1.82. The number of imide groups is 1. The SMILES string of the molecule is C=CCOc1ccccc1CNC(=NC)NCCN1C(=O)CCCC1=O. The first-order chi connectivity index (χ1) is 12.7. The standard InChI is InChI=1S/C19H26N4O3/c1-3-13-26-16-8-5-4-7-15(16)14-22-19(20-2)21-11-12-23-17(24)9-6-10-18(23)25/h3-5,7-8H,1,6,9-14H2,2H3,(H2,20,21,22). The fraction of sp³-hybridized carbons (Fsp3) is 0.421. The number of amides is 2. The maximum atomic E-state index is 11.8. The maximum absolute atomic E-state index is 11.8. The molecule has 0 atom stereocenters. The van der Waals surface area contributed by atoms with E-state index in [1.807, 2.05) is 24.3 Å². The van der Waals surface area contributed by atoms with Crippen LogP contribution < -0.4 is 15.4 Å². The molecule has 0 unspecified atom stereocenters. The smallest absolute Gasteiger partial charge is 0.229 e. The van der Waals surface area contributed by atoms with E-state index in [9.17, 15) is 9.59 Å². The number of guanidine groups is 1. The summed E-state index contributed by atoms with van der Waals surface area (Å²) in [6, 6.07) is 7.75. The number of carbonyl (C=O) groups is 2. The van der Waals surface area contributed by atoms with Gasteiger partial charge < -0.3 is 15.4 Å². The maximum Gasteiger partial charge on any atom is 0.229 e. The topological polar surface area (TPSA) is 83.0 Å². The molecule has 1 aliphatic heterocycles. The van der Waals surface area contributed by atoms with Gasteiger partial charge in [0.2, 0.25) is 11.8 Å². The zero-order chi connectivity index (χ0) is 18.8. The lowest BCUT2D eigenvalue weighted by molar-refractivity contribution is -0.147. The Morgan fingerprint density at radius 3 is 2.69 bits per heavy atom. The molecule has 0 aromatic heterocycles. The van der Waals surface area contributed by atoms with Gasteiger partial charge in [0, 0.05) is 45.1 Å². The first kappa shape index (κ1) is 19.5. The number of rotatable bonds is 8. The number of benzene rings is 1. The summed E-state index contributed by atoms with van der Waals surface area (Å²) < 4.78 is 5.64. The monoisotopic (exact) mass is 358 g/mol. The van der Waals surface area contributed by atoms with Gasteiger partial charge >= 0.3 is 0 Å². The van der Waals surface area contributed by atoms with Gasteiger partial charge in [0.25, 0.3) is 0 Å². The van der Waals surface area contributed by atoms with Crippen LogP contribution in [-0.2, 0) is 16.1 Å². The summed E-state index contributed by atoms with van der Waals surface area (Å²) in [5, 5.41) is 6.33. The van der Waals surface area contributed by atoms with E-state index >= 15 is 0 Å². The third kappa shape index (κ3) is 5.61. The molecule has 1 fully saturated rings. The van der Waals surface area contributed by atoms with E-state index in [2.05, 4.69) is 22.2 Å². The zero-order valence-electron chi connectivity index (χ0n) is 15.2. The van der Waals surface area contributed by atoms with Crippen molar-refractivity contribution in [3.05, 3.63) is 42.5 Å². The molecule has 1 aliphatic rings. The number of likely N-dealkylation sites (tertiary alicyclic amines) is 1. The van der Waals surface area contributed by atoms with Crippen molar-refractivity contribution in [3.8, 4) is 5.75 Å². The Kier molecular flexibility index (Phi) is 7.67. The quantitative estimate of drug-likeness (QED) is 0.318. The summed E-state index contributed by atoms with van der Waals surface area (Å²) in [6.45, 7) is 5.43. The summed E-state index contributed by atoms with van der Waals surface area (Å²) in [7, 11) is 1.67. The summed E-state index contributed by atoms with van der Waals surface area (Å²) in [5.74, 6) is 1.19. The van der Waals surface area contributed by atoms with Gasteiger partial charge in [-0.3, -0.25) is 19.5 Å². The third-order valence-corrected chi connectivity index (χ3v) is 4.01. The largest absolute Gasteiger partial charge is 0.489 e. The van der Waals surface area contributed by atoms with Crippen LogP contribution in [0.25, 0.3) is 0 Å². The summed E-state index contributed by atoms with van der Waals surface area (Å²) in [6.07, 6.45) is 3.24. The van der Waals surface area contributed by atoms with Gasteiger partial charge in [-0.05, 0) is 12.5 Å². The molecule has 7 nitrogen and oxygen atoms in total. The van der Waals surface area contributed by atoms with Crippen LogP contribution in [0.2, 0.25) is 0 Å². The molecule has 0 aliphatic carbocycles. The molecular weight excluding hydrogens is 332 g/mol.